The van der Waals surface area contributed by atoms with Gasteiger partial charge in [0.15, 0.2) is 11.5 Å². The number of ether oxygens (including phenoxy) is 2. The molecule has 1 amide bonds. The first-order chi connectivity index (χ1) is 17.0. The van der Waals surface area contributed by atoms with Crippen LogP contribution in [0.25, 0.3) is 11.3 Å². The lowest BCUT2D eigenvalue weighted by atomic mass is 10.1. The van der Waals surface area contributed by atoms with Gasteiger partial charge in [0, 0.05) is 30.0 Å². The quantitative estimate of drug-likeness (QED) is 0.404. The van der Waals surface area contributed by atoms with E-state index in [1.165, 1.54) is 37.1 Å². The number of aromatic nitrogens is 3. The zero-order valence-electron chi connectivity index (χ0n) is 19.4. The highest BCUT2D eigenvalue weighted by Crippen LogP contribution is 2.31. The summed E-state index contributed by atoms with van der Waals surface area (Å²) in [5.74, 6) is 0.199. The third kappa shape index (κ3) is 6.68. The monoisotopic (exact) mass is 524 g/mol. The molecule has 36 heavy (non-hydrogen) atoms. The summed E-state index contributed by atoms with van der Waals surface area (Å²) in [7, 11) is 0.955. The molecule has 13 heteroatoms. The molecule has 0 radical (unpaired) electrons. The molecule has 0 aliphatic heterocycles. The van der Waals surface area contributed by atoms with E-state index < -0.39 is 39.3 Å². The van der Waals surface area contributed by atoms with Crippen molar-refractivity contribution < 1.29 is 31.6 Å². The Hall–Kier alpha value is -3.74. The molecule has 1 unspecified atom stereocenters. The Morgan fingerprint density at radius 3 is 2.44 bits per heavy atom. The van der Waals surface area contributed by atoms with E-state index in [4.69, 9.17) is 15.2 Å². The van der Waals surface area contributed by atoms with Crippen molar-refractivity contribution in [2.24, 2.45) is 5.73 Å². The van der Waals surface area contributed by atoms with Gasteiger partial charge in [0.1, 0.15) is 5.69 Å². The van der Waals surface area contributed by atoms with Crippen LogP contribution in [0, 0.1) is 0 Å². The molecular formula is C23H23F3N4O5S. The van der Waals surface area contributed by atoms with Gasteiger partial charge in [0.05, 0.1) is 37.3 Å². The second-order valence-electron chi connectivity index (χ2n) is 7.61. The van der Waals surface area contributed by atoms with Crippen molar-refractivity contribution in [3.8, 4) is 22.8 Å². The van der Waals surface area contributed by atoms with Gasteiger partial charge in [-0.15, -0.1) is 0 Å². The minimum Gasteiger partial charge on any atom is -0.493 e. The van der Waals surface area contributed by atoms with Crippen LogP contribution >= 0.6 is 0 Å². The Balaban J connectivity index is 1.99. The maximum atomic E-state index is 13.5. The number of amides is 1. The number of pyridine rings is 1. The number of nitrogens with zero attached hydrogens (tertiary/aromatic N) is 3. The summed E-state index contributed by atoms with van der Waals surface area (Å²) in [4.78, 5) is 30.9. The summed E-state index contributed by atoms with van der Waals surface area (Å²) in [5, 5.41) is -0.526. The van der Waals surface area contributed by atoms with E-state index in [9.17, 15) is 27.0 Å². The number of nitrogens with two attached hydrogens (primary N) is 1. The van der Waals surface area contributed by atoms with Crippen LogP contribution in [0.15, 0.2) is 52.5 Å². The fourth-order valence-corrected chi connectivity index (χ4v) is 4.26. The Morgan fingerprint density at radius 2 is 1.81 bits per heavy atom. The number of hydrogen-bond acceptors (Lipinski definition) is 7. The molecule has 0 aliphatic carbocycles. The summed E-state index contributed by atoms with van der Waals surface area (Å²) >= 11 is 0. The normalized spacial score (nSPS) is 12.2. The topological polar surface area (TPSA) is 126 Å². The molecule has 3 rings (SSSR count). The van der Waals surface area contributed by atoms with Crippen molar-refractivity contribution in [3.05, 3.63) is 64.2 Å². The minimum absolute atomic E-state index is 0.0708. The van der Waals surface area contributed by atoms with E-state index in [1.54, 1.807) is 18.2 Å². The number of carbonyl (C=O) groups excluding carboxylic acids is 1. The van der Waals surface area contributed by atoms with Gasteiger partial charge in [-0.05, 0) is 36.2 Å². The zero-order chi connectivity index (χ0) is 26.5. The number of benzene rings is 1. The van der Waals surface area contributed by atoms with Gasteiger partial charge in [0.2, 0.25) is 11.1 Å². The van der Waals surface area contributed by atoms with Gasteiger partial charge in [0.25, 0.3) is 5.56 Å². The minimum atomic E-state index is -4.82. The Bertz CT molecular complexity index is 1340. The molecule has 0 fully saturated rings. The number of hydrogen-bond donors (Lipinski definition) is 1. The number of primary amides is 1. The van der Waals surface area contributed by atoms with Gasteiger partial charge < -0.3 is 19.8 Å². The maximum Gasteiger partial charge on any atom is 0.433 e. The lowest BCUT2D eigenvalue weighted by molar-refractivity contribution is -0.141. The average molecular weight is 525 g/mol. The Kier molecular flexibility index (Phi) is 8.45. The van der Waals surface area contributed by atoms with Gasteiger partial charge in [-0.25, -0.2) is 9.97 Å². The van der Waals surface area contributed by atoms with Crippen LogP contribution < -0.4 is 20.8 Å². The van der Waals surface area contributed by atoms with Crippen LogP contribution in [0.2, 0.25) is 0 Å². The highest BCUT2D eigenvalue weighted by Gasteiger charge is 2.34. The molecule has 2 heterocycles. The summed E-state index contributed by atoms with van der Waals surface area (Å²) in [6.45, 7) is 0.0934. The van der Waals surface area contributed by atoms with Gasteiger partial charge in [-0.2, -0.15) is 13.2 Å². The van der Waals surface area contributed by atoms with Gasteiger partial charge in [-0.1, -0.05) is 6.07 Å². The second-order valence-corrected chi connectivity index (χ2v) is 9.08. The van der Waals surface area contributed by atoms with E-state index in [-0.39, 0.29) is 36.4 Å². The molecule has 2 aromatic heterocycles. The standard InChI is InChI=1S/C23H23F3N4O5S/c1-34-17-7-5-14(10-18(17)35-2)12-30-13-15(6-8-21(30)32)16-11-19(23(24,25)26)29-22(28-16)36(33)9-3-4-20(27)31/h5-8,10-11,13H,3-4,9,12H2,1-2H3,(H2,27,31). The Labute approximate surface area is 206 Å². The van der Waals surface area contributed by atoms with Crippen molar-refractivity contribution in [2.75, 3.05) is 20.0 Å². The molecule has 0 saturated carbocycles. The van der Waals surface area contributed by atoms with Crippen LogP contribution in [-0.2, 0) is 28.3 Å². The lowest BCUT2D eigenvalue weighted by Crippen LogP contribution is -2.19. The SMILES string of the molecule is COc1ccc(Cn2cc(-c3cc(C(F)(F)F)nc(S(=O)CCCC(N)=O)n3)ccc2=O)cc1OC. The molecule has 1 aromatic carbocycles. The maximum absolute atomic E-state index is 13.5. The third-order valence-electron chi connectivity index (χ3n) is 5.03. The predicted molar refractivity (Wildman–Crippen MR) is 125 cm³/mol. The molecule has 2 N–H and O–H groups in total. The molecule has 0 bridgehead atoms. The summed E-state index contributed by atoms with van der Waals surface area (Å²) in [6, 6.07) is 8.33. The third-order valence-corrected chi connectivity index (χ3v) is 6.28. The van der Waals surface area contributed by atoms with Crippen LogP contribution in [-0.4, -0.2) is 44.6 Å². The number of halogens is 3. The van der Waals surface area contributed by atoms with E-state index >= 15 is 0 Å². The highest BCUT2D eigenvalue weighted by atomic mass is 32.2. The number of alkyl halides is 3. The summed E-state index contributed by atoms with van der Waals surface area (Å²) in [6.07, 6.45) is -3.43. The Morgan fingerprint density at radius 1 is 1.08 bits per heavy atom. The largest absolute Gasteiger partial charge is 0.493 e. The fourth-order valence-electron chi connectivity index (χ4n) is 3.27. The van der Waals surface area contributed by atoms with Crippen LogP contribution in [0.3, 0.4) is 0 Å². The number of carbonyl (C=O) groups is 1. The molecule has 0 saturated heterocycles. The second kappa shape index (κ2) is 11.3. The van der Waals surface area contributed by atoms with E-state index in [0.29, 0.717) is 17.1 Å². The summed E-state index contributed by atoms with van der Waals surface area (Å²) in [5.41, 5.74) is 4.10. The molecule has 0 spiro atoms. The number of methoxy groups -OCH3 is 2. The highest BCUT2D eigenvalue weighted by molar-refractivity contribution is 7.84. The lowest BCUT2D eigenvalue weighted by Gasteiger charge is -2.13. The predicted octanol–water partition coefficient (Wildman–Crippen LogP) is 2.76. The first-order valence-electron chi connectivity index (χ1n) is 10.6. The zero-order valence-corrected chi connectivity index (χ0v) is 20.2. The smallest absolute Gasteiger partial charge is 0.433 e. The molecule has 0 aliphatic rings. The average Bonchev–Trinajstić information content (AvgIpc) is 2.84. The van der Waals surface area contributed by atoms with Crippen LogP contribution in [0.1, 0.15) is 24.1 Å². The van der Waals surface area contributed by atoms with Crippen LogP contribution in [0.4, 0.5) is 13.2 Å². The van der Waals surface area contributed by atoms with Gasteiger partial charge in [-0.3, -0.25) is 13.8 Å². The van der Waals surface area contributed by atoms with E-state index in [1.807, 2.05) is 0 Å². The van der Waals surface area contributed by atoms with Gasteiger partial charge >= 0.3 is 6.18 Å². The molecule has 192 valence electrons. The van der Waals surface area contributed by atoms with Crippen molar-refractivity contribution in [2.45, 2.75) is 30.7 Å². The molecular weight excluding hydrogens is 501 g/mol. The van der Waals surface area contributed by atoms with Crippen molar-refractivity contribution in [1.29, 1.82) is 0 Å². The molecule has 1 atom stereocenters. The molecule has 3 aromatic rings. The first-order valence-corrected chi connectivity index (χ1v) is 11.9. The van der Waals surface area contributed by atoms with Crippen molar-refractivity contribution >= 4 is 16.7 Å². The van der Waals surface area contributed by atoms with Crippen LogP contribution in [0.5, 0.6) is 11.5 Å². The number of rotatable bonds is 10. The first kappa shape index (κ1) is 26.9. The fraction of sp³-hybridized carbons (Fsp3) is 0.304. The van der Waals surface area contributed by atoms with Crippen molar-refractivity contribution in [1.82, 2.24) is 14.5 Å². The molecule has 9 nitrogen and oxygen atoms in total. The van der Waals surface area contributed by atoms with E-state index in [2.05, 4.69) is 9.97 Å². The van der Waals surface area contributed by atoms with E-state index in [0.717, 1.165) is 6.07 Å². The summed E-state index contributed by atoms with van der Waals surface area (Å²) < 4.78 is 64.9. The van der Waals surface area contributed by atoms with Crippen molar-refractivity contribution in [3.63, 3.8) is 0 Å².